The van der Waals surface area contributed by atoms with Gasteiger partial charge in [-0.05, 0) is 35.6 Å². The summed E-state index contributed by atoms with van der Waals surface area (Å²) in [4.78, 5) is 14.9. The van der Waals surface area contributed by atoms with Gasteiger partial charge < -0.3 is 10.6 Å². The summed E-state index contributed by atoms with van der Waals surface area (Å²) in [6, 6.07) is 11.1. The van der Waals surface area contributed by atoms with Gasteiger partial charge in [0.15, 0.2) is 0 Å². The van der Waals surface area contributed by atoms with Crippen molar-refractivity contribution in [2.45, 2.75) is 19.9 Å². The molecule has 4 nitrogen and oxygen atoms in total. The molecule has 1 aromatic heterocycles. The van der Waals surface area contributed by atoms with Crippen LogP contribution in [0.25, 0.3) is 0 Å². The van der Waals surface area contributed by atoms with Gasteiger partial charge in [-0.3, -0.25) is 4.79 Å². The third-order valence-electron chi connectivity index (χ3n) is 3.13. The molecule has 1 aromatic carbocycles. The predicted molar refractivity (Wildman–Crippen MR) is 84.9 cm³/mol. The maximum Gasteiger partial charge on any atom is 0.266 e. The van der Waals surface area contributed by atoms with Crippen LogP contribution in [-0.4, -0.2) is 17.4 Å². The molecular weight excluding hydrogens is 282 g/mol. The Morgan fingerprint density at radius 1 is 1.33 bits per heavy atom. The van der Waals surface area contributed by atoms with Crippen molar-refractivity contribution in [2.75, 3.05) is 12.3 Å². The number of anilines is 1. The molecule has 2 rings (SSSR count). The maximum atomic E-state index is 12.5. The van der Waals surface area contributed by atoms with Gasteiger partial charge in [0.25, 0.3) is 5.91 Å². The van der Waals surface area contributed by atoms with Gasteiger partial charge in [-0.1, -0.05) is 19.1 Å². The number of rotatable bonds is 5. The van der Waals surface area contributed by atoms with Gasteiger partial charge >= 0.3 is 0 Å². The summed E-state index contributed by atoms with van der Waals surface area (Å²) in [5, 5.41) is 10.6. The number of thiophene rings is 1. The molecule has 2 N–H and O–H groups in total. The highest BCUT2D eigenvalue weighted by atomic mass is 32.1. The number of hydrogen-bond donors (Lipinski definition) is 1. The highest BCUT2D eigenvalue weighted by Crippen LogP contribution is 2.22. The van der Waals surface area contributed by atoms with E-state index >= 15 is 0 Å². The number of nitrogens with two attached hydrogens (primary N) is 1. The second-order valence-corrected chi connectivity index (χ2v) is 5.66. The molecular formula is C16H17N3OS. The first-order valence-corrected chi connectivity index (χ1v) is 7.65. The summed E-state index contributed by atoms with van der Waals surface area (Å²) in [7, 11) is 0. The van der Waals surface area contributed by atoms with Crippen LogP contribution in [0.4, 0.5) is 5.69 Å². The number of nitrogens with zero attached hydrogens (tertiary/aromatic N) is 2. The van der Waals surface area contributed by atoms with Crippen molar-refractivity contribution in [1.29, 1.82) is 5.26 Å². The van der Waals surface area contributed by atoms with Crippen LogP contribution >= 0.6 is 11.3 Å². The van der Waals surface area contributed by atoms with Crippen molar-refractivity contribution in [1.82, 2.24) is 4.90 Å². The SMILES string of the molecule is CCCN(Cc1ccc(C#N)cc1)C(=O)c1sccc1N. The molecule has 1 amide bonds. The first-order chi connectivity index (χ1) is 10.2. The molecule has 0 atom stereocenters. The van der Waals surface area contributed by atoms with Crippen LogP contribution in [0.15, 0.2) is 35.7 Å². The van der Waals surface area contributed by atoms with Gasteiger partial charge in [-0.25, -0.2) is 0 Å². The zero-order chi connectivity index (χ0) is 15.2. The van der Waals surface area contributed by atoms with E-state index in [0.29, 0.717) is 29.2 Å². The van der Waals surface area contributed by atoms with Crippen LogP contribution in [-0.2, 0) is 6.54 Å². The summed E-state index contributed by atoms with van der Waals surface area (Å²) >= 11 is 1.37. The monoisotopic (exact) mass is 299 g/mol. The fraction of sp³-hybridized carbons (Fsp3) is 0.250. The first-order valence-electron chi connectivity index (χ1n) is 6.77. The molecule has 0 fully saturated rings. The van der Waals surface area contributed by atoms with E-state index in [4.69, 9.17) is 11.0 Å². The smallest absolute Gasteiger partial charge is 0.266 e. The predicted octanol–water partition coefficient (Wildman–Crippen LogP) is 3.25. The second-order valence-electron chi connectivity index (χ2n) is 4.74. The van der Waals surface area contributed by atoms with Gasteiger partial charge in [0.1, 0.15) is 4.88 Å². The fourth-order valence-electron chi connectivity index (χ4n) is 2.06. The largest absolute Gasteiger partial charge is 0.397 e. The Morgan fingerprint density at radius 2 is 2.05 bits per heavy atom. The third kappa shape index (κ3) is 3.61. The summed E-state index contributed by atoms with van der Waals surface area (Å²) in [6.45, 7) is 3.24. The number of nitriles is 1. The molecule has 0 saturated heterocycles. The Hall–Kier alpha value is -2.32. The maximum absolute atomic E-state index is 12.5. The van der Waals surface area contributed by atoms with E-state index in [0.717, 1.165) is 12.0 Å². The first kappa shape index (κ1) is 15.1. The number of nitrogen functional groups attached to an aromatic ring is 1. The molecule has 0 aliphatic rings. The zero-order valence-electron chi connectivity index (χ0n) is 11.9. The molecule has 0 radical (unpaired) electrons. The van der Waals surface area contributed by atoms with Crippen LogP contribution in [0.5, 0.6) is 0 Å². The van der Waals surface area contributed by atoms with Crippen LogP contribution in [0.1, 0.15) is 34.1 Å². The lowest BCUT2D eigenvalue weighted by molar-refractivity contribution is 0.0749. The molecule has 0 aliphatic carbocycles. The zero-order valence-corrected chi connectivity index (χ0v) is 12.7. The number of hydrogen-bond acceptors (Lipinski definition) is 4. The van der Waals surface area contributed by atoms with Crippen molar-refractivity contribution < 1.29 is 4.79 Å². The summed E-state index contributed by atoms with van der Waals surface area (Å²) in [5.41, 5.74) is 7.99. The Balaban J connectivity index is 2.17. The van der Waals surface area contributed by atoms with Crippen LogP contribution in [0.2, 0.25) is 0 Å². The lowest BCUT2D eigenvalue weighted by Gasteiger charge is -2.22. The van der Waals surface area contributed by atoms with E-state index in [-0.39, 0.29) is 5.91 Å². The van der Waals surface area contributed by atoms with E-state index in [1.54, 1.807) is 23.1 Å². The van der Waals surface area contributed by atoms with E-state index in [1.165, 1.54) is 11.3 Å². The third-order valence-corrected chi connectivity index (χ3v) is 4.05. The fourth-order valence-corrected chi connectivity index (χ4v) is 2.85. The van der Waals surface area contributed by atoms with Crippen molar-refractivity contribution in [3.8, 4) is 6.07 Å². The number of benzene rings is 1. The lowest BCUT2D eigenvalue weighted by atomic mass is 10.1. The molecule has 0 bridgehead atoms. The van der Waals surface area contributed by atoms with E-state index in [1.807, 2.05) is 24.4 Å². The Labute approximate surface area is 128 Å². The summed E-state index contributed by atoms with van der Waals surface area (Å²) in [6.07, 6.45) is 0.882. The molecule has 5 heteroatoms. The van der Waals surface area contributed by atoms with Gasteiger partial charge in [0.2, 0.25) is 0 Å². The number of carbonyl (C=O) groups is 1. The number of carbonyl (C=O) groups excluding carboxylic acids is 1. The minimum atomic E-state index is -0.0336. The van der Waals surface area contributed by atoms with Crippen molar-refractivity contribution in [2.24, 2.45) is 0 Å². The molecule has 0 saturated carbocycles. The Morgan fingerprint density at radius 3 is 2.57 bits per heavy atom. The minimum Gasteiger partial charge on any atom is -0.397 e. The van der Waals surface area contributed by atoms with E-state index in [9.17, 15) is 4.79 Å². The van der Waals surface area contributed by atoms with Crippen LogP contribution < -0.4 is 5.73 Å². The topological polar surface area (TPSA) is 70.1 Å². The Kier molecular flexibility index (Phi) is 4.96. The van der Waals surface area contributed by atoms with Crippen LogP contribution in [0.3, 0.4) is 0 Å². The lowest BCUT2D eigenvalue weighted by Crippen LogP contribution is -2.31. The highest BCUT2D eigenvalue weighted by Gasteiger charge is 2.18. The molecule has 108 valence electrons. The van der Waals surface area contributed by atoms with Gasteiger partial charge in [0, 0.05) is 13.1 Å². The molecule has 21 heavy (non-hydrogen) atoms. The van der Waals surface area contributed by atoms with E-state index in [2.05, 4.69) is 6.07 Å². The summed E-state index contributed by atoms with van der Waals surface area (Å²) < 4.78 is 0. The standard InChI is InChI=1S/C16H17N3OS/c1-2-8-19(16(20)15-14(18)7-9-21-15)11-13-5-3-12(10-17)4-6-13/h3-7,9H,2,8,11,18H2,1H3. The average Bonchev–Trinajstić information content (AvgIpc) is 2.93. The summed E-state index contributed by atoms with van der Waals surface area (Å²) in [5.74, 6) is -0.0336. The Bertz CT molecular complexity index is 655. The molecule has 0 unspecified atom stereocenters. The van der Waals surface area contributed by atoms with Crippen molar-refractivity contribution in [3.63, 3.8) is 0 Å². The van der Waals surface area contributed by atoms with Gasteiger partial charge in [0.05, 0.1) is 17.3 Å². The highest BCUT2D eigenvalue weighted by molar-refractivity contribution is 7.12. The van der Waals surface area contributed by atoms with Crippen LogP contribution in [0, 0.1) is 11.3 Å². The normalized spacial score (nSPS) is 10.1. The second kappa shape index (κ2) is 6.91. The van der Waals surface area contributed by atoms with Gasteiger partial charge in [-0.2, -0.15) is 5.26 Å². The number of amides is 1. The quantitative estimate of drug-likeness (QED) is 0.921. The van der Waals surface area contributed by atoms with Crippen molar-refractivity contribution >= 4 is 22.9 Å². The van der Waals surface area contributed by atoms with Crippen molar-refractivity contribution in [3.05, 3.63) is 51.7 Å². The van der Waals surface area contributed by atoms with E-state index < -0.39 is 0 Å². The minimum absolute atomic E-state index is 0.0336. The van der Waals surface area contributed by atoms with Gasteiger partial charge in [-0.15, -0.1) is 11.3 Å². The average molecular weight is 299 g/mol. The molecule has 0 spiro atoms. The molecule has 0 aliphatic heterocycles. The molecule has 2 aromatic rings. The molecule has 1 heterocycles.